The molecule has 1 amide bonds. The maximum Gasteiger partial charge on any atom is 0.495 e. The van der Waals surface area contributed by atoms with Crippen molar-refractivity contribution in [3.63, 3.8) is 0 Å². The van der Waals surface area contributed by atoms with Crippen LogP contribution in [0.25, 0.3) is 0 Å². The summed E-state index contributed by atoms with van der Waals surface area (Å²) < 4.78 is 37.4. The molecule has 1 aromatic rings. The zero-order chi connectivity index (χ0) is 31.5. The molecule has 14 heteroatoms. The Morgan fingerprint density at radius 1 is 1.12 bits per heavy atom. The molecule has 41 heavy (non-hydrogen) atoms. The number of aliphatic carboxylic acids is 1. The Hall–Kier alpha value is -3.33. The highest BCUT2D eigenvalue weighted by molar-refractivity contribution is 5.72. The average molecular weight is 593 g/mol. The molecule has 1 aromatic carbocycles. The maximum atomic E-state index is 12.0. The quantitative estimate of drug-likeness (QED) is 0.0845. The smallest absolute Gasteiger partial charge is 0.479 e. The summed E-state index contributed by atoms with van der Waals surface area (Å²) in [7, 11) is 0. The van der Waals surface area contributed by atoms with E-state index < -0.39 is 30.7 Å². The fourth-order valence-corrected chi connectivity index (χ4v) is 2.98. The van der Waals surface area contributed by atoms with Crippen molar-refractivity contribution in [3.8, 4) is 5.75 Å². The predicted molar refractivity (Wildman–Crippen MR) is 149 cm³/mol. The van der Waals surface area contributed by atoms with E-state index in [0.717, 1.165) is 0 Å². The van der Waals surface area contributed by atoms with Gasteiger partial charge < -0.3 is 44.1 Å². The van der Waals surface area contributed by atoms with Gasteiger partial charge in [0.15, 0.2) is 6.10 Å². The van der Waals surface area contributed by atoms with Gasteiger partial charge in [-0.2, -0.15) is 0 Å². The third-order valence-electron chi connectivity index (χ3n) is 4.65. The van der Waals surface area contributed by atoms with Crippen LogP contribution in [0.5, 0.6) is 5.75 Å². The Morgan fingerprint density at radius 3 is 2.32 bits per heavy atom. The van der Waals surface area contributed by atoms with Crippen molar-refractivity contribution in [2.24, 2.45) is 5.16 Å². The molecule has 0 radical (unpaired) electrons. The van der Waals surface area contributed by atoms with Crippen molar-refractivity contribution in [2.45, 2.75) is 72.6 Å². The minimum atomic E-state index is -1.85. The molecule has 1 aliphatic rings. The number of rotatable bonds is 16. The number of hydrogen-bond acceptors (Lipinski definition) is 11. The highest BCUT2D eigenvalue weighted by Crippen LogP contribution is 2.26. The van der Waals surface area contributed by atoms with Crippen LogP contribution in [0.15, 0.2) is 23.4 Å². The SMILES string of the molecule is C=NOCCOCCOCCNC=O.CC.CC.Cc1cc(COC(=O)F)ccc1OC1CC(O)CC(C(=O)O)O1. The highest BCUT2D eigenvalue weighted by atomic mass is 19.1. The van der Waals surface area contributed by atoms with E-state index in [4.69, 9.17) is 24.1 Å². The number of halogens is 1. The molecule has 236 valence electrons. The summed E-state index contributed by atoms with van der Waals surface area (Å²) in [5, 5.41) is 24.4. The van der Waals surface area contributed by atoms with Crippen LogP contribution in [0.1, 0.15) is 51.7 Å². The Labute approximate surface area is 240 Å². The third-order valence-corrected chi connectivity index (χ3v) is 4.65. The van der Waals surface area contributed by atoms with Gasteiger partial charge in [0.05, 0.1) is 32.5 Å². The number of amides is 1. The van der Waals surface area contributed by atoms with Gasteiger partial charge >= 0.3 is 12.2 Å². The molecule has 0 saturated carbocycles. The molecule has 0 aliphatic carbocycles. The van der Waals surface area contributed by atoms with E-state index >= 15 is 0 Å². The number of aryl methyl sites for hydroxylation is 1. The normalized spacial score (nSPS) is 17.0. The van der Waals surface area contributed by atoms with Gasteiger partial charge in [-0.25, -0.2) is 9.59 Å². The van der Waals surface area contributed by atoms with Crippen molar-refractivity contribution in [1.29, 1.82) is 0 Å². The molecular formula is C27H45FN2O11. The van der Waals surface area contributed by atoms with Gasteiger partial charge in [0, 0.05) is 26.1 Å². The predicted octanol–water partition coefficient (Wildman–Crippen LogP) is 3.38. The number of carboxylic acids is 1. The second kappa shape index (κ2) is 26.9. The monoisotopic (exact) mass is 592 g/mol. The lowest BCUT2D eigenvalue weighted by Crippen LogP contribution is -2.42. The maximum absolute atomic E-state index is 12.0. The molecule has 0 bridgehead atoms. The third kappa shape index (κ3) is 21.1. The van der Waals surface area contributed by atoms with Gasteiger partial charge in [0.2, 0.25) is 12.7 Å². The molecule has 0 spiro atoms. The van der Waals surface area contributed by atoms with Crippen LogP contribution in [0.2, 0.25) is 0 Å². The second-order valence-corrected chi connectivity index (χ2v) is 7.52. The number of aliphatic hydroxyl groups is 1. The Morgan fingerprint density at radius 2 is 1.76 bits per heavy atom. The van der Waals surface area contributed by atoms with Gasteiger partial charge in [0.1, 0.15) is 19.0 Å². The number of carbonyl (C=O) groups excluding carboxylic acids is 2. The Kier molecular flexibility index (Phi) is 26.1. The summed E-state index contributed by atoms with van der Waals surface area (Å²) in [6, 6.07) is 4.81. The van der Waals surface area contributed by atoms with Gasteiger partial charge in [-0.3, -0.25) is 4.79 Å². The largest absolute Gasteiger partial charge is 0.495 e. The number of oxime groups is 1. The fourth-order valence-electron chi connectivity index (χ4n) is 2.98. The number of benzene rings is 1. The van der Waals surface area contributed by atoms with Gasteiger partial charge in [-0.05, 0) is 30.2 Å². The van der Waals surface area contributed by atoms with Crippen molar-refractivity contribution in [3.05, 3.63) is 29.3 Å². The minimum Gasteiger partial charge on any atom is -0.479 e. The number of nitrogens with zero attached hydrogens (tertiary/aromatic N) is 1. The molecule has 2 rings (SSSR count). The van der Waals surface area contributed by atoms with Crippen LogP contribution in [0.4, 0.5) is 9.18 Å². The van der Waals surface area contributed by atoms with Gasteiger partial charge in [-0.15, -0.1) is 9.55 Å². The molecule has 0 aromatic heterocycles. The molecule has 13 nitrogen and oxygen atoms in total. The molecule has 1 fully saturated rings. The summed E-state index contributed by atoms with van der Waals surface area (Å²) in [4.78, 5) is 35.5. The number of aliphatic hydroxyl groups excluding tert-OH is 1. The molecule has 1 aliphatic heterocycles. The van der Waals surface area contributed by atoms with Crippen LogP contribution in [-0.2, 0) is 40.0 Å². The topological polar surface area (TPSA) is 171 Å². The van der Waals surface area contributed by atoms with Crippen molar-refractivity contribution in [2.75, 3.05) is 39.6 Å². The average Bonchev–Trinajstić information content (AvgIpc) is 2.96. The number of nitrogens with one attached hydrogen (secondary N) is 1. The zero-order valence-corrected chi connectivity index (χ0v) is 24.5. The summed E-state index contributed by atoms with van der Waals surface area (Å²) in [5.41, 5.74) is 1.25. The zero-order valence-electron chi connectivity index (χ0n) is 24.5. The molecule has 3 N–H and O–H groups in total. The first-order valence-corrected chi connectivity index (χ1v) is 13.3. The van der Waals surface area contributed by atoms with E-state index in [0.29, 0.717) is 62.9 Å². The minimum absolute atomic E-state index is 0.0156. The van der Waals surface area contributed by atoms with Crippen LogP contribution in [0, 0.1) is 6.92 Å². The lowest BCUT2D eigenvalue weighted by Gasteiger charge is -2.31. The number of carboxylic acid groups (broad SMARTS) is 1. The van der Waals surface area contributed by atoms with E-state index in [1.165, 1.54) is 0 Å². The standard InChI is InChI=1S/C15H17FO7.C8H16N2O4.2C2H6/c1-8-4-9(7-21-15(16)20)2-3-11(8)22-13-6-10(17)5-12(23-13)14(18)19;1-9-14-7-6-13-5-4-12-3-2-10-8-11;2*1-2/h2-4,10,12-13,17H,5-7H2,1H3,(H,18,19);8H,1-7H2,(H,10,11);2*1-2H3. The van der Waals surface area contributed by atoms with Crippen LogP contribution < -0.4 is 10.1 Å². The van der Waals surface area contributed by atoms with Crippen molar-refractivity contribution < 1.29 is 57.5 Å². The molecular weight excluding hydrogens is 547 g/mol. The molecule has 1 saturated heterocycles. The van der Waals surface area contributed by atoms with E-state index in [-0.39, 0.29) is 19.4 Å². The van der Waals surface area contributed by atoms with Crippen molar-refractivity contribution in [1.82, 2.24) is 5.32 Å². The Bertz CT molecular complexity index is 829. The lowest BCUT2D eigenvalue weighted by atomic mass is 10.1. The van der Waals surface area contributed by atoms with E-state index in [1.54, 1.807) is 25.1 Å². The van der Waals surface area contributed by atoms with Gasteiger partial charge in [0.25, 0.3) is 0 Å². The molecule has 3 atom stereocenters. The van der Waals surface area contributed by atoms with E-state index in [9.17, 15) is 23.9 Å². The summed E-state index contributed by atoms with van der Waals surface area (Å²) >= 11 is 0. The van der Waals surface area contributed by atoms with E-state index in [1.807, 2.05) is 27.7 Å². The molecule has 3 unspecified atom stereocenters. The first-order chi connectivity index (χ1) is 19.8. The summed E-state index contributed by atoms with van der Waals surface area (Å²) in [5.74, 6) is -0.721. The first-order valence-electron chi connectivity index (χ1n) is 13.3. The number of hydrogen-bond donors (Lipinski definition) is 3. The lowest BCUT2D eigenvalue weighted by molar-refractivity contribution is -0.195. The van der Waals surface area contributed by atoms with E-state index in [2.05, 4.69) is 26.8 Å². The Balaban J connectivity index is 0. The first kappa shape index (κ1) is 39.8. The summed E-state index contributed by atoms with van der Waals surface area (Å²) in [6.07, 6.45) is -3.86. The second-order valence-electron chi connectivity index (χ2n) is 7.52. The molecule has 1 heterocycles. The van der Waals surface area contributed by atoms with Gasteiger partial charge in [-0.1, -0.05) is 33.8 Å². The number of ether oxygens (including phenoxy) is 5. The summed E-state index contributed by atoms with van der Waals surface area (Å²) in [6.45, 7) is 15.6. The van der Waals surface area contributed by atoms with Crippen LogP contribution in [0.3, 0.4) is 0 Å². The fraction of sp³-hybridized carbons (Fsp3) is 0.630. The highest BCUT2D eigenvalue weighted by Gasteiger charge is 2.34. The van der Waals surface area contributed by atoms with Crippen molar-refractivity contribution >= 4 is 25.3 Å². The van der Waals surface area contributed by atoms with Crippen LogP contribution in [-0.4, -0.2) is 93.6 Å². The van der Waals surface area contributed by atoms with Crippen LogP contribution >= 0.6 is 0 Å². The number of carbonyl (C=O) groups is 3.